The van der Waals surface area contributed by atoms with Crippen LogP contribution >= 0.6 is 22.9 Å². The molecule has 0 spiro atoms. The van der Waals surface area contributed by atoms with E-state index in [0.717, 1.165) is 19.3 Å². The van der Waals surface area contributed by atoms with E-state index in [1.165, 1.54) is 17.8 Å². The number of hydrogen-bond acceptors (Lipinski definition) is 6. The Morgan fingerprint density at radius 3 is 2.69 bits per heavy atom. The molecule has 1 saturated carbocycles. The van der Waals surface area contributed by atoms with Gasteiger partial charge in [-0.05, 0) is 49.9 Å². The van der Waals surface area contributed by atoms with Crippen LogP contribution in [0.5, 0.6) is 5.75 Å². The first-order valence-corrected chi connectivity index (χ1v) is 10.9. The smallest absolute Gasteiger partial charge is 0.350 e. The fourth-order valence-corrected chi connectivity index (χ4v) is 4.35. The zero-order chi connectivity index (χ0) is 20.8. The molecule has 2 aromatic rings. The van der Waals surface area contributed by atoms with Crippen molar-refractivity contribution >= 4 is 34.8 Å². The Morgan fingerprint density at radius 2 is 1.97 bits per heavy atom. The van der Waals surface area contributed by atoms with Crippen molar-refractivity contribution in [1.29, 1.82) is 0 Å². The van der Waals surface area contributed by atoms with Crippen molar-refractivity contribution in [2.45, 2.75) is 52.2 Å². The summed E-state index contributed by atoms with van der Waals surface area (Å²) in [5.41, 5.74) is 0.566. The van der Waals surface area contributed by atoms with Gasteiger partial charge in [0.05, 0.1) is 5.69 Å². The number of hydrogen-bond donors (Lipinski definition) is 1. The number of halogens is 1. The molecular weight excluding hydrogens is 412 g/mol. The fourth-order valence-electron chi connectivity index (χ4n) is 3.36. The Kier molecular flexibility index (Phi) is 7.50. The van der Waals surface area contributed by atoms with Gasteiger partial charge in [-0.15, -0.1) is 11.3 Å². The summed E-state index contributed by atoms with van der Waals surface area (Å²) in [6, 6.07) is 7.18. The van der Waals surface area contributed by atoms with E-state index in [1.54, 1.807) is 31.2 Å². The van der Waals surface area contributed by atoms with E-state index in [9.17, 15) is 9.59 Å². The molecule has 0 bridgehead atoms. The van der Waals surface area contributed by atoms with Crippen molar-refractivity contribution in [2.24, 2.45) is 5.92 Å². The molecule has 156 valence electrons. The van der Waals surface area contributed by atoms with Gasteiger partial charge >= 0.3 is 5.97 Å². The number of benzene rings is 1. The second-order valence-electron chi connectivity index (χ2n) is 7.28. The minimum absolute atomic E-state index is 0.164. The van der Waals surface area contributed by atoms with Gasteiger partial charge in [0.15, 0.2) is 6.61 Å². The van der Waals surface area contributed by atoms with Crippen molar-refractivity contribution < 1.29 is 19.1 Å². The highest BCUT2D eigenvalue weighted by Crippen LogP contribution is 2.24. The molecule has 3 rings (SSSR count). The monoisotopic (exact) mass is 436 g/mol. The number of nitrogens with one attached hydrogen (secondary N) is 1. The largest absolute Gasteiger partial charge is 0.486 e. The van der Waals surface area contributed by atoms with Crippen LogP contribution in [0.2, 0.25) is 5.02 Å². The third-order valence-electron chi connectivity index (χ3n) is 4.99. The maximum absolute atomic E-state index is 12.4. The SMILES string of the molecule is Cc1nc(COc2ccc(Cl)cc2)sc1C(=O)OCC(=O)NC1CCCCC1C. The van der Waals surface area contributed by atoms with Crippen molar-refractivity contribution in [3.63, 3.8) is 0 Å². The molecule has 0 saturated heterocycles. The third kappa shape index (κ3) is 6.18. The first-order chi connectivity index (χ1) is 13.9. The second kappa shape index (κ2) is 10.1. The van der Waals surface area contributed by atoms with Crippen molar-refractivity contribution in [3.8, 4) is 5.75 Å². The van der Waals surface area contributed by atoms with Crippen molar-refractivity contribution in [3.05, 3.63) is 44.9 Å². The number of rotatable bonds is 7. The van der Waals surface area contributed by atoms with E-state index < -0.39 is 5.97 Å². The Bertz CT molecular complexity index is 853. The number of nitrogens with zero attached hydrogens (tertiary/aromatic N) is 1. The molecule has 1 heterocycles. The first-order valence-electron chi connectivity index (χ1n) is 9.73. The lowest BCUT2D eigenvalue weighted by molar-refractivity contribution is -0.125. The maximum atomic E-state index is 12.4. The molecule has 1 aromatic heterocycles. The van der Waals surface area contributed by atoms with E-state index in [0.29, 0.717) is 32.3 Å². The molecule has 1 aromatic carbocycles. The summed E-state index contributed by atoms with van der Waals surface area (Å²) in [7, 11) is 0. The van der Waals surface area contributed by atoms with Crippen LogP contribution in [-0.4, -0.2) is 29.5 Å². The highest BCUT2D eigenvalue weighted by Gasteiger charge is 2.24. The predicted molar refractivity (Wildman–Crippen MR) is 112 cm³/mol. The maximum Gasteiger partial charge on any atom is 0.350 e. The quantitative estimate of drug-likeness (QED) is 0.645. The van der Waals surface area contributed by atoms with E-state index in [4.69, 9.17) is 21.1 Å². The second-order valence-corrected chi connectivity index (χ2v) is 8.80. The minimum atomic E-state index is -0.537. The van der Waals surface area contributed by atoms with Crippen molar-refractivity contribution in [2.75, 3.05) is 6.61 Å². The van der Waals surface area contributed by atoms with Crippen LogP contribution in [0.4, 0.5) is 0 Å². The van der Waals surface area contributed by atoms with E-state index in [1.807, 2.05) is 0 Å². The van der Waals surface area contributed by atoms with Gasteiger partial charge in [0, 0.05) is 11.1 Å². The predicted octanol–water partition coefficient (Wildman–Crippen LogP) is 4.54. The van der Waals surface area contributed by atoms with Crippen LogP contribution in [0.3, 0.4) is 0 Å². The Morgan fingerprint density at radius 1 is 1.24 bits per heavy atom. The number of thiazole rings is 1. The number of esters is 1. The molecule has 2 unspecified atom stereocenters. The van der Waals surface area contributed by atoms with E-state index in [2.05, 4.69) is 17.2 Å². The Hall–Kier alpha value is -2.12. The van der Waals surface area contributed by atoms with Gasteiger partial charge in [-0.2, -0.15) is 0 Å². The first kappa shape index (κ1) is 21.6. The summed E-state index contributed by atoms with van der Waals surface area (Å²) in [4.78, 5) is 29.2. The molecule has 2 atom stereocenters. The van der Waals surface area contributed by atoms with E-state index in [-0.39, 0.29) is 25.2 Å². The van der Waals surface area contributed by atoms with Gasteiger partial charge in [0.25, 0.3) is 5.91 Å². The Balaban J connectivity index is 1.49. The lowest BCUT2D eigenvalue weighted by Gasteiger charge is -2.29. The summed E-state index contributed by atoms with van der Waals surface area (Å²) in [5.74, 6) is 0.325. The van der Waals surface area contributed by atoms with E-state index >= 15 is 0 Å². The summed E-state index contributed by atoms with van der Waals surface area (Å²) < 4.78 is 10.9. The molecule has 1 amide bonds. The van der Waals surface area contributed by atoms with Crippen LogP contribution in [0.1, 0.15) is 53.0 Å². The molecule has 0 aliphatic heterocycles. The molecule has 1 aliphatic rings. The lowest BCUT2D eigenvalue weighted by Crippen LogP contribution is -2.42. The van der Waals surface area contributed by atoms with Gasteiger partial charge in [0.2, 0.25) is 0 Å². The highest BCUT2D eigenvalue weighted by atomic mass is 35.5. The number of aromatic nitrogens is 1. The number of amides is 1. The normalized spacial score (nSPS) is 18.9. The average molecular weight is 437 g/mol. The summed E-state index contributed by atoms with van der Waals surface area (Å²) in [6.07, 6.45) is 4.42. The number of carbonyl (C=O) groups is 2. The van der Waals surface area contributed by atoms with Crippen LogP contribution in [-0.2, 0) is 16.1 Å². The molecule has 6 nitrogen and oxygen atoms in total. The topological polar surface area (TPSA) is 77.5 Å². The molecule has 8 heteroatoms. The standard InChI is InChI=1S/C21H25ClN2O4S/c1-13-5-3-4-6-17(13)24-18(25)11-28-21(26)20-14(2)23-19(29-20)12-27-16-9-7-15(22)8-10-16/h7-10,13,17H,3-6,11-12H2,1-2H3,(H,24,25). The number of aryl methyl sites for hydroxylation is 1. The van der Waals surface area contributed by atoms with Crippen LogP contribution in [0.15, 0.2) is 24.3 Å². The molecule has 1 aliphatic carbocycles. The molecular formula is C21H25ClN2O4S. The third-order valence-corrected chi connectivity index (χ3v) is 6.36. The fraction of sp³-hybridized carbons (Fsp3) is 0.476. The summed E-state index contributed by atoms with van der Waals surface area (Å²) in [6.45, 7) is 3.84. The van der Waals surface area contributed by atoms with Gasteiger partial charge in [-0.1, -0.05) is 31.4 Å². The van der Waals surface area contributed by atoms with Gasteiger partial charge in [-0.3, -0.25) is 4.79 Å². The molecule has 1 fully saturated rings. The van der Waals surface area contributed by atoms with Gasteiger partial charge < -0.3 is 14.8 Å². The van der Waals surface area contributed by atoms with Gasteiger partial charge in [-0.25, -0.2) is 9.78 Å². The minimum Gasteiger partial charge on any atom is -0.486 e. The Labute approximate surface area is 179 Å². The number of carbonyl (C=O) groups excluding carboxylic acids is 2. The van der Waals surface area contributed by atoms with Gasteiger partial charge in [0.1, 0.15) is 22.2 Å². The zero-order valence-corrected chi connectivity index (χ0v) is 18.1. The molecule has 1 N–H and O–H groups in total. The highest BCUT2D eigenvalue weighted by molar-refractivity contribution is 7.13. The summed E-state index contributed by atoms with van der Waals surface area (Å²) in [5, 5.41) is 4.27. The molecule has 0 radical (unpaired) electrons. The average Bonchev–Trinajstić information content (AvgIpc) is 3.08. The van der Waals surface area contributed by atoms with Crippen LogP contribution in [0, 0.1) is 12.8 Å². The van der Waals surface area contributed by atoms with Crippen LogP contribution < -0.4 is 10.1 Å². The molecule has 29 heavy (non-hydrogen) atoms. The van der Waals surface area contributed by atoms with Crippen molar-refractivity contribution in [1.82, 2.24) is 10.3 Å². The lowest BCUT2D eigenvalue weighted by atomic mass is 9.86. The summed E-state index contributed by atoms with van der Waals surface area (Å²) >= 11 is 7.06. The number of ether oxygens (including phenoxy) is 2. The zero-order valence-electron chi connectivity index (χ0n) is 16.6. The van der Waals surface area contributed by atoms with Crippen LogP contribution in [0.25, 0.3) is 0 Å².